The lowest BCUT2D eigenvalue weighted by atomic mass is 9.95. The first-order chi connectivity index (χ1) is 14.3. The molecule has 1 fully saturated rings. The fourth-order valence-corrected chi connectivity index (χ4v) is 4.46. The molecule has 1 N–H and O–H groups in total. The van der Waals surface area contributed by atoms with Gasteiger partial charge in [0.25, 0.3) is 0 Å². The number of carbonyl (C=O) groups is 3. The molecule has 0 radical (unpaired) electrons. The number of hydrogen-bond acceptors (Lipinski definition) is 5. The van der Waals surface area contributed by atoms with Gasteiger partial charge < -0.3 is 15.0 Å². The van der Waals surface area contributed by atoms with Crippen LogP contribution in [0.2, 0.25) is 10.0 Å². The van der Waals surface area contributed by atoms with Crippen LogP contribution in [-0.4, -0.2) is 54.7 Å². The average molecular weight is 473 g/mol. The van der Waals surface area contributed by atoms with Crippen LogP contribution in [0.3, 0.4) is 0 Å². The highest BCUT2D eigenvalue weighted by Gasteiger charge is 2.28. The molecule has 1 saturated heterocycles. The molecule has 6 nitrogen and oxygen atoms in total. The molecule has 1 heterocycles. The molecular weight excluding hydrogens is 447 g/mol. The number of nitrogens with zero attached hydrogens (tertiary/aromatic N) is 1. The second kappa shape index (κ2) is 11.6. The Bertz CT molecular complexity index is 823. The summed E-state index contributed by atoms with van der Waals surface area (Å²) in [5.41, 5.74) is 0.682. The number of benzene rings is 1. The van der Waals surface area contributed by atoms with Crippen molar-refractivity contribution in [3.63, 3.8) is 0 Å². The van der Waals surface area contributed by atoms with Gasteiger partial charge in [0.15, 0.2) is 0 Å². The number of nitrogens with one attached hydrogen (secondary N) is 1. The minimum atomic E-state index is -0.691. The summed E-state index contributed by atoms with van der Waals surface area (Å²) >= 11 is 14.2. The van der Waals surface area contributed by atoms with Crippen molar-refractivity contribution in [2.45, 2.75) is 37.6 Å². The highest BCUT2D eigenvalue weighted by Crippen LogP contribution is 2.35. The van der Waals surface area contributed by atoms with Gasteiger partial charge in [0.05, 0.1) is 17.2 Å². The quantitative estimate of drug-likeness (QED) is 0.368. The predicted octanol–water partition coefficient (Wildman–Crippen LogP) is 4.03. The first kappa shape index (κ1) is 24.6. The van der Waals surface area contributed by atoms with E-state index in [1.165, 1.54) is 13.2 Å². The number of piperidine rings is 1. The Morgan fingerprint density at radius 2 is 1.93 bits per heavy atom. The van der Waals surface area contributed by atoms with E-state index >= 15 is 0 Å². The molecule has 1 aromatic rings. The number of amides is 2. The van der Waals surface area contributed by atoms with E-state index in [0.29, 0.717) is 41.5 Å². The van der Waals surface area contributed by atoms with Crippen molar-refractivity contribution in [1.82, 2.24) is 10.2 Å². The second-order valence-corrected chi connectivity index (χ2v) is 8.96. The minimum absolute atomic E-state index is 0.143. The molecule has 0 bridgehead atoms. The van der Waals surface area contributed by atoms with E-state index in [1.807, 2.05) is 19.1 Å². The molecule has 0 aliphatic carbocycles. The summed E-state index contributed by atoms with van der Waals surface area (Å²) in [6.45, 7) is 4.55. The summed E-state index contributed by atoms with van der Waals surface area (Å²) in [4.78, 5) is 38.9. The molecule has 30 heavy (non-hydrogen) atoms. The first-order valence-corrected chi connectivity index (χ1v) is 11.5. The molecule has 0 spiro atoms. The number of methoxy groups -OCH3 is 1. The van der Waals surface area contributed by atoms with E-state index in [2.05, 4.69) is 10.1 Å². The van der Waals surface area contributed by atoms with Gasteiger partial charge in [-0.1, -0.05) is 36.2 Å². The lowest BCUT2D eigenvalue weighted by molar-refractivity contribution is -0.145. The lowest BCUT2D eigenvalue weighted by Crippen LogP contribution is -2.46. The Labute approximate surface area is 191 Å². The van der Waals surface area contributed by atoms with Crippen LogP contribution in [0.25, 0.3) is 6.08 Å². The highest BCUT2D eigenvalue weighted by atomic mass is 35.5. The van der Waals surface area contributed by atoms with Crippen molar-refractivity contribution in [2.24, 2.45) is 5.92 Å². The minimum Gasteiger partial charge on any atom is -0.467 e. The molecule has 164 valence electrons. The molecule has 9 heteroatoms. The Kier molecular flexibility index (Phi) is 9.52. The van der Waals surface area contributed by atoms with Crippen LogP contribution in [-0.2, 0) is 19.1 Å². The molecule has 1 atom stereocenters. The van der Waals surface area contributed by atoms with Crippen LogP contribution in [0.1, 0.15) is 32.3 Å². The number of esters is 1. The SMILES string of the molecule is CCSc1ccc(C=CC(=O)N2CCC(C(=O)NC(C)C(=O)OC)CC2)c(Cl)c1Cl. The summed E-state index contributed by atoms with van der Waals surface area (Å²) in [7, 11) is 1.28. The molecular formula is C21H26Cl2N2O4S. The fraction of sp³-hybridized carbons (Fsp3) is 0.476. The molecule has 1 aromatic carbocycles. The van der Waals surface area contributed by atoms with E-state index in [1.54, 1.807) is 29.7 Å². The molecule has 1 aliphatic heterocycles. The van der Waals surface area contributed by atoms with Crippen LogP contribution in [0.5, 0.6) is 0 Å². The van der Waals surface area contributed by atoms with E-state index in [-0.39, 0.29) is 17.7 Å². The molecule has 0 aromatic heterocycles. The van der Waals surface area contributed by atoms with Crippen molar-refractivity contribution < 1.29 is 19.1 Å². The third-order valence-electron chi connectivity index (χ3n) is 4.87. The van der Waals surface area contributed by atoms with Gasteiger partial charge in [-0.3, -0.25) is 9.59 Å². The Hall–Kier alpha value is -1.70. The number of rotatable bonds is 7. The normalized spacial score (nSPS) is 15.8. The Morgan fingerprint density at radius 1 is 1.27 bits per heavy atom. The Balaban J connectivity index is 1.91. The summed E-state index contributed by atoms with van der Waals surface area (Å²) < 4.78 is 4.61. The monoisotopic (exact) mass is 472 g/mol. The van der Waals surface area contributed by atoms with Gasteiger partial charge in [-0.2, -0.15) is 0 Å². The average Bonchev–Trinajstić information content (AvgIpc) is 2.75. The van der Waals surface area contributed by atoms with Gasteiger partial charge >= 0.3 is 5.97 Å². The number of ether oxygens (including phenoxy) is 1. The zero-order valence-corrected chi connectivity index (χ0v) is 19.6. The Morgan fingerprint density at radius 3 is 2.53 bits per heavy atom. The van der Waals surface area contributed by atoms with Gasteiger partial charge in [0, 0.05) is 30.0 Å². The maximum Gasteiger partial charge on any atom is 0.328 e. The maximum atomic E-state index is 12.5. The van der Waals surface area contributed by atoms with Gasteiger partial charge in [0.1, 0.15) is 6.04 Å². The molecule has 2 amide bonds. The smallest absolute Gasteiger partial charge is 0.328 e. The topological polar surface area (TPSA) is 75.7 Å². The highest BCUT2D eigenvalue weighted by molar-refractivity contribution is 7.99. The number of thioether (sulfide) groups is 1. The first-order valence-electron chi connectivity index (χ1n) is 9.74. The predicted molar refractivity (Wildman–Crippen MR) is 121 cm³/mol. The van der Waals surface area contributed by atoms with E-state index in [0.717, 1.165) is 10.6 Å². The molecule has 0 saturated carbocycles. The van der Waals surface area contributed by atoms with Crippen molar-refractivity contribution in [2.75, 3.05) is 26.0 Å². The summed E-state index contributed by atoms with van der Waals surface area (Å²) in [6.07, 6.45) is 4.21. The molecule has 2 rings (SSSR count). The van der Waals surface area contributed by atoms with E-state index in [4.69, 9.17) is 23.2 Å². The van der Waals surface area contributed by atoms with Gasteiger partial charge in [-0.15, -0.1) is 11.8 Å². The summed E-state index contributed by atoms with van der Waals surface area (Å²) in [6, 6.07) is 3.05. The maximum absolute atomic E-state index is 12.5. The zero-order valence-electron chi connectivity index (χ0n) is 17.2. The van der Waals surface area contributed by atoms with Crippen molar-refractivity contribution in [3.05, 3.63) is 33.8 Å². The zero-order chi connectivity index (χ0) is 22.3. The largest absolute Gasteiger partial charge is 0.467 e. The number of halogens is 2. The third kappa shape index (κ3) is 6.40. The molecule has 1 unspecified atom stereocenters. The van der Waals surface area contributed by atoms with Crippen LogP contribution in [0.4, 0.5) is 0 Å². The second-order valence-electron chi connectivity index (χ2n) is 6.90. The van der Waals surface area contributed by atoms with Crippen LogP contribution >= 0.6 is 35.0 Å². The number of carbonyl (C=O) groups excluding carboxylic acids is 3. The summed E-state index contributed by atoms with van der Waals surface area (Å²) in [5, 5.41) is 3.57. The van der Waals surface area contributed by atoms with E-state index in [9.17, 15) is 14.4 Å². The van der Waals surface area contributed by atoms with Crippen molar-refractivity contribution in [1.29, 1.82) is 0 Å². The van der Waals surface area contributed by atoms with Crippen molar-refractivity contribution in [3.8, 4) is 0 Å². The van der Waals surface area contributed by atoms with Crippen LogP contribution in [0, 0.1) is 5.92 Å². The number of likely N-dealkylation sites (tertiary alicyclic amines) is 1. The summed E-state index contributed by atoms with van der Waals surface area (Å²) in [5.74, 6) is -0.166. The van der Waals surface area contributed by atoms with E-state index < -0.39 is 12.0 Å². The van der Waals surface area contributed by atoms with Crippen LogP contribution < -0.4 is 5.32 Å². The fourth-order valence-electron chi connectivity index (χ4n) is 3.14. The van der Waals surface area contributed by atoms with Crippen molar-refractivity contribution >= 4 is 58.8 Å². The van der Waals surface area contributed by atoms with Crippen LogP contribution in [0.15, 0.2) is 23.1 Å². The number of hydrogen-bond donors (Lipinski definition) is 1. The lowest BCUT2D eigenvalue weighted by Gasteiger charge is -2.31. The van der Waals surface area contributed by atoms with Gasteiger partial charge in [-0.25, -0.2) is 4.79 Å². The van der Waals surface area contributed by atoms with Gasteiger partial charge in [-0.05, 0) is 43.2 Å². The third-order valence-corrected chi connectivity index (χ3v) is 6.82. The standard InChI is InChI=1S/C21H26Cl2N2O4S/c1-4-30-16-7-5-14(18(22)19(16)23)6-8-17(26)25-11-9-15(10-12-25)20(27)24-13(2)21(28)29-3/h5-8,13,15H,4,9-12H2,1-3H3,(H,24,27). The molecule has 1 aliphatic rings. The van der Waals surface area contributed by atoms with Gasteiger partial charge in [0.2, 0.25) is 11.8 Å².